The number of hydrogen-bond donors (Lipinski definition) is 1. The van der Waals surface area contributed by atoms with Crippen molar-refractivity contribution in [1.29, 1.82) is 0 Å². The van der Waals surface area contributed by atoms with Gasteiger partial charge in [-0.3, -0.25) is 0 Å². The number of halogens is 1. The zero-order valence-electron chi connectivity index (χ0n) is 6.77. The van der Waals surface area contributed by atoms with E-state index in [1.165, 1.54) is 0 Å². The average Bonchev–Trinajstić information content (AvgIpc) is 2.45. The van der Waals surface area contributed by atoms with Crippen LogP contribution >= 0.6 is 22.9 Å². The van der Waals surface area contributed by atoms with E-state index in [0.717, 1.165) is 16.0 Å². The molecule has 0 fully saturated rings. The number of thiazole rings is 1. The second-order valence-corrected chi connectivity index (χ2v) is 5.84. The fourth-order valence-corrected chi connectivity index (χ4v) is 2.80. The Hall–Kier alpha value is -0.690. The molecule has 2 N–H and O–H groups in total. The van der Waals surface area contributed by atoms with Crippen LogP contribution in [-0.2, 0) is 10.0 Å². The van der Waals surface area contributed by atoms with Crippen molar-refractivity contribution in [3.8, 4) is 0 Å². The third-order valence-electron chi connectivity index (χ3n) is 1.57. The molecule has 1 heterocycles. The van der Waals surface area contributed by atoms with E-state index in [9.17, 15) is 8.42 Å². The van der Waals surface area contributed by atoms with Crippen molar-refractivity contribution in [2.45, 2.75) is 4.34 Å². The average molecular weight is 249 g/mol. The van der Waals surface area contributed by atoms with Gasteiger partial charge < -0.3 is 0 Å². The number of benzene rings is 1. The molecule has 0 spiro atoms. The summed E-state index contributed by atoms with van der Waals surface area (Å²) in [6, 6.07) is 4.99. The summed E-state index contributed by atoms with van der Waals surface area (Å²) in [5.74, 6) is 0. The zero-order chi connectivity index (χ0) is 10.3. The fraction of sp³-hybridized carbons (Fsp3) is 0. The summed E-state index contributed by atoms with van der Waals surface area (Å²) >= 11 is 6.76. The molecule has 0 saturated heterocycles. The second kappa shape index (κ2) is 3.16. The molecule has 74 valence electrons. The maximum Gasteiger partial charge on any atom is 0.265 e. The van der Waals surface area contributed by atoms with Gasteiger partial charge in [-0.2, -0.15) is 0 Å². The minimum atomic E-state index is -3.71. The van der Waals surface area contributed by atoms with Gasteiger partial charge in [-0.05, 0) is 18.2 Å². The van der Waals surface area contributed by atoms with Crippen LogP contribution in [0.5, 0.6) is 0 Å². The molecule has 0 aliphatic rings. The molecule has 14 heavy (non-hydrogen) atoms. The van der Waals surface area contributed by atoms with Crippen LogP contribution in [0.3, 0.4) is 0 Å². The SMILES string of the molecule is NS(=O)(=O)c1nc2cc(Cl)ccc2s1. The fourth-order valence-electron chi connectivity index (χ4n) is 1.00. The van der Waals surface area contributed by atoms with Crippen LogP contribution in [0.25, 0.3) is 10.2 Å². The molecule has 1 aromatic heterocycles. The van der Waals surface area contributed by atoms with Gasteiger partial charge in [-0.15, -0.1) is 11.3 Å². The number of hydrogen-bond acceptors (Lipinski definition) is 4. The van der Waals surface area contributed by atoms with Crippen LogP contribution < -0.4 is 5.14 Å². The third kappa shape index (κ3) is 1.74. The Bertz CT molecular complexity index is 591. The first-order valence-electron chi connectivity index (χ1n) is 3.56. The molecule has 0 amide bonds. The normalized spacial score (nSPS) is 12.1. The first kappa shape index (κ1) is 9.85. The zero-order valence-corrected chi connectivity index (χ0v) is 9.16. The Kier molecular flexibility index (Phi) is 2.23. The number of primary sulfonamides is 1. The van der Waals surface area contributed by atoms with Crippen molar-refractivity contribution in [3.05, 3.63) is 23.2 Å². The summed E-state index contributed by atoms with van der Waals surface area (Å²) in [6.07, 6.45) is 0. The Morgan fingerprint density at radius 1 is 1.43 bits per heavy atom. The molecule has 0 aliphatic carbocycles. The van der Waals surface area contributed by atoms with E-state index in [1.54, 1.807) is 18.2 Å². The predicted molar refractivity (Wildman–Crippen MR) is 56.0 cm³/mol. The highest BCUT2D eigenvalue weighted by atomic mass is 35.5. The smallest absolute Gasteiger partial charge is 0.224 e. The molecule has 1 aromatic carbocycles. The van der Waals surface area contributed by atoms with Gasteiger partial charge in [0.1, 0.15) is 0 Å². The van der Waals surface area contributed by atoms with E-state index in [4.69, 9.17) is 16.7 Å². The molecule has 0 aliphatic heterocycles. The number of nitrogens with zero attached hydrogens (tertiary/aromatic N) is 1. The third-order valence-corrected chi connectivity index (χ3v) is 4.16. The molecule has 7 heteroatoms. The van der Waals surface area contributed by atoms with Crippen molar-refractivity contribution >= 4 is 43.2 Å². The van der Waals surface area contributed by atoms with Crippen molar-refractivity contribution < 1.29 is 8.42 Å². The predicted octanol–water partition coefficient (Wildman–Crippen LogP) is 1.60. The van der Waals surface area contributed by atoms with Crippen LogP contribution in [0.2, 0.25) is 5.02 Å². The van der Waals surface area contributed by atoms with Gasteiger partial charge in [0.2, 0.25) is 4.34 Å². The maximum atomic E-state index is 11.0. The van der Waals surface area contributed by atoms with Gasteiger partial charge in [0, 0.05) is 5.02 Å². The molecule has 0 bridgehead atoms. The molecule has 0 unspecified atom stereocenters. The molecule has 0 atom stereocenters. The van der Waals surface area contributed by atoms with Crippen molar-refractivity contribution in [2.24, 2.45) is 5.14 Å². The molecular formula is C7H5ClN2O2S2. The first-order chi connectivity index (χ1) is 6.47. The van der Waals surface area contributed by atoms with Crippen molar-refractivity contribution in [1.82, 2.24) is 4.98 Å². The van der Waals surface area contributed by atoms with E-state index >= 15 is 0 Å². The van der Waals surface area contributed by atoms with Gasteiger partial charge in [0.25, 0.3) is 10.0 Å². The monoisotopic (exact) mass is 248 g/mol. The number of fused-ring (bicyclic) bond motifs is 1. The summed E-state index contributed by atoms with van der Waals surface area (Å²) in [6.45, 7) is 0. The summed E-state index contributed by atoms with van der Waals surface area (Å²) in [5, 5.41) is 5.46. The number of rotatable bonds is 1. The summed E-state index contributed by atoms with van der Waals surface area (Å²) in [7, 11) is -3.71. The topological polar surface area (TPSA) is 73.1 Å². The summed E-state index contributed by atoms with van der Waals surface area (Å²) in [5.41, 5.74) is 0.548. The van der Waals surface area contributed by atoms with Crippen molar-refractivity contribution in [3.63, 3.8) is 0 Å². The van der Waals surface area contributed by atoms with Crippen LogP contribution in [0, 0.1) is 0 Å². The van der Waals surface area contributed by atoms with Gasteiger partial charge in [-0.1, -0.05) is 11.6 Å². The Labute approximate surface area is 89.4 Å². The lowest BCUT2D eigenvalue weighted by Crippen LogP contribution is -2.11. The van der Waals surface area contributed by atoms with E-state index in [2.05, 4.69) is 4.98 Å². The van der Waals surface area contributed by atoms with Crippen LogP contribution in [0.15, 0.2) is 22.5 Å². The minimum absolute atomic E-state index is 0.0882. The largest absolute Gasteiger partial charge is 0.265 e. The van der Waals surface area contributed by atoms with Crippen molar-refractivity contribution in [2.75, 3.05) is 0 Å². The van der Waals surface area contributed by atoms with Crippen LogP contribution in [0.4, 0.5) is 0 Å². The minimum Gasteiger partial charge on any atom is -0.224 e. The summed E-state index contributed by atoms with van der Waals surface area (Å²) in [4.78, 5) is 3.87. The highest BCUT2D eigenvalue weighted by molar-refractivity contribution is 7.91. The highest BCUT2D eigenvalue weighted by Crippen LogP contribution is 2.26. The van der Waals surface area contributed by atoms with Gasteiger partial charge >= 0.3 is 0 Å². The Morgan fingerprint density at radius 2 is 2.14 bits per heavy atom. The van der Waals surface area contributed by atoms with Gasteiger partial charge in [-0.25, -0.2) is 18.5 Å². The van der Waals surface area contributed by atoms with Crippen LogP contribution in [-0.4, -0.2) is 13.4 Å². The molecule has 0 radical (unpaired) electrons. The standard InChI is InChI=1S/C7H5ClN2O2S2/c8-4-1-2-6-5(3-4)10-7(13-6)14(9,11)12/h1-3H,(H2,9,11,12). The second-order valence-electron chi connectivity index (χ2n) is 2.64. The van der Waals surface area contributed by atoms with E-state index in [-0.39, 0.29) is 4.34 Å². The quantitative estimate of drug-likeness (QED) is 0.833. The maximum absolute atomic E-state index is 11.0. The highest BCUT2D eigenvalue weighted by Gasteiger charge is 2.14. The number of nitrogens with two attached hydrogens (primary N) is 1. The lowest BCUT2D eigenvalue weighted by atomic mass is 10.3. The van der Waals surface area contributed by atoms with Gasteiger partial charge in [0.05, 0.1) is 10.2 Å². The van der Waals surface area contributed by atoms with E-state index < -0.39 is 10.0 Å². The Balaban J connectivity index is 2.75. The van der Waals surface area contributed by atoms with Gasteiger partial charge in [0.15, 0.2) is 0 Å². The van der Waals surface area contributed by atoms with Crippen LogP contribution in [0.1, 0.15) is 0 Å². The molecular weight excluding hydrogens is 244 g/mol. The molecule has 2 aromatic rings. The lowest BCUT2D eigenvalue weighted by Gasteiger charge is -1.86. The van der Waals surface area contributed by atoms with E-state index in [0.29, 0.717) is 10.5 Å². The lowest BCUT2D eigenvalue weighted by molar-refractivity contribution is 0.597. The Morgan fingerprint density at radius 3 is 2.79 bits per heavy atom. The first-order valence-corrected chi connectivity index (χ1v) is 6.30. The molecule has 2 rings (SSSR count). The summed E-state index contributed by atoms with van der Waals surface area (Å²) < 4.78 is 22.6. The van der Waals surface area contributed by atoms with E-state index in [1.807, 2.05) is 0 Å². The number of aromatic nitrogens is 1. The number of sulfonamides is 1. The molecule has 4 nitrogen and oxygen atoms in total. The molecule has 0 saturated carbocycles.